The van der Waals surface area contributed by atoms with E-state index in [4.69, 9.17) is 5.73 Å². The number of likely N-dealkylation sites (tertiary alicyclic amines) is 1. The first-order valence-electron chi connectivity index (χ1n) is 7.92. The van der Waals surface area contributed by atoms with Gasteiger partial charge in [0, 0.05) is 19.0 Å². The minimum absolute atomic E-state index is 0.183. The van der Waals surface area contributed by atoms with E-state index in [0.717, 1.165) is 38.9 Å². The number of amides is 1. The van der Waals surface area contributed by atoms with Gasteiger partial charge in [0.15, 0.2) is 0 Å². The molecule has 1 aromatic carbocycles. The van der Waals surface area contributed by atoms with E-state index in [1.54, 1.807) is 0 Å². The molecule has 1 fully saturated rings. The summed E-state index contributed by atoms with van der Waals surface area (Å²) in [6.45, 7) is 4.13. The SMILES string of the molecule is CN1CCC(C(=O)N(CCCN)Cc2ccccc2)CC1. The van der Waals surface area contributed by atoms with Gasteiger partial charge in [-0.3, -0.25) is 4.79 Å². The van der Waals surface area contributed by atoms with Gasteiger partial charge in [0.05, 0.1) is 0 Å². The van der Waals surface area contributed by atoms with Gasteiger partial charge in [-0.05, 0) is 51.5 Å². The van der Waals surface area contributed by atoms with Gasteiger partial charge in [0.1, 0.15) is 0 Å². The molecule has 1 aromatic rings. The second kappa shape index (κ2) is 8.15. The highest BCUT2D eigenvalue weighted by Crippen LogP contribution is 2.20. The van der Waals surface area contributed by atoms with E-state index in [1.165, 1.54) is 5.56 Å². The number of carbonyl (C=O) groups excluding carboxylic acids is 1. The zero-order chi connectivity index (χ0) is 15.1. The zero-order valence-electron chi connectivity index (χ0n) is 13.0. The number of rotatable bonds is 6. The third kappa shape index (κ3) is 4.83. The largest absolute Gasteiger partial charge is 0.338 e. The van der Waals surface area contributed by atoms with E-state index in [1.807, 2.05) is 23.1 Å². The molecule has 1 heterocycles. The number of piperidine rings is 1. The maximum Gasteiger partial charge on any atom is 0.226 e. The number of hydrogen-bond acceptors (Lipinski definition) is 3. The van der Waals surface area contributed by atoms with Gasteiger partial charge in [-0.25, -0.2) is 0 Å². The van der Waals surface area contributed by atoms with Crippen LogP contribution in [0.15, 0.2) is 30.3 Å². The first kappa shape index (κ1) is 16.0. The van der Waals surface area contributed by atoms with Gasteiger partial charge in [0.25, 0.3) is 0 Å². The smallest absolute Gasteiger partial charge is 0.226 e. The Hall–Kier alpha value is -1.39. The van der Waals surface area contributed by atoms with Crippen LogP contribution in [0.5, 0.6) is 0 Å². The Balaban J connectivity index is 1.99. The van der Waals surface area contributed by atoms with Crippen molar-refractivity contribution in [2.24, 2.45) is 11.7 Å². The van der Waals surface area contributed by atoms with Gasteiger partial charge in [0.2, 0.25) is 5.91 Å². The standard InChI is InChI=1S/C17H27N3O/c1-19-12-8-16(9-13-19)17(21)20(11-5-10-18)14-15-6-3-2-4-7-15/h2-4,6-7,16H,5,8-14,18H2,1H3. The predicted molar refractivity (Wildman–Crippen MR) is 85.8 cm³/mol. The molecule has 1 aliphatic heterocycles. The van der Waals surface area contributed by atoms with Crippen molar-refractivity contribution in [1.82, 2.24) is 9.80 Å². The maximum absolute atomic E-state index is 12.8. The monoisotopic (exact) mass is 289 g/mol. The number of benzene rings is 1. The molecule has 1 amide bonds. The normalized spacial score (nSPS) is 16.9. The summed E-state index contributed by atoms with van der Waals surface area (Å²) < 4.78 is 0. The van der Waals surface area contributed by atoms with Gasteiger partial charge in [-0.1, -0.05) is 30.3 Å². The molecular formula is C17H27N3O. The Kier molecular flexibility index (Phi) is 6.21. The van der Waals surface area contributed by atoms with Crippen LogP contribution in [0.3, 0.4) is 0 Å². The molecule has 4 heteroatoms. The molecule has 0 bridgehead atoms. The Labute approximate surface area is 127 Å². The van der Waals surface area contributed by atoms with E-state index in [0.29, 0.717) is 19.0 Å². The molecule has 0 aromatic heterocycles. The molecule has 0 saturated carbocycles. The van der Waals surface area contributed by atoms with E-state index < -0.39 is 0 Å². The lowest BCUT2D eigenvalue weighted by atomic mass is 9.95. The highest BCUT2D eigenvalue weighted by molar-refractivity contribution is 5.79. The molecule has 0 unspecified atom stereocenters. The van der Waals surface area contributed by atoms with Crippen molar-refractivity contribution < 1.29 is 4.79 Å². The third-order valence-corrected chi connectivity index (χ3v) is 4.23. The number of carbonyl (C=O) groups is 1. The summed E-state index contributed by atoms with van der Waals surface area (Å²) in [5.41, 5.74) is 6.81. The summed E-state index contributed by atoms with van der Waals surface area (Å²) in [6.07, 6.45) is 2.82. The second-order valence-electron chi connectivity index (χ2n) is 5.97. The predicted octanol–water partition coefficient (Wildman–Crippen LogP) is 1.71. The van der Waals surface area contributed by atoms with Crippen molar-refractivity contribution in [3.05, 3.63) is 35.9 Å². The van der Waals surface area contributed by atoms with Crippen LogP contribution in [-0.2, 0) is 11.3 Å². The van der Waals surface area contributed by atoms with Crippen LogP contribution >= 0.6 is 0 Å². The van der Waals surface area contributed by atoms with Crippen LogP contribution < -0.4 is 5.73 Å². The molecule has 116 valence electrons. The molecular weight excluding hydrogens is 262 g/mol. The Bertz CT molecular complexity index is 427. The molecule has 2 N–H and O–H groups in total. The highest BCUT2D eigenvalue weighted by atomic mass is 16.2. The number of hydrogen-bond donors (Lipinski definition) is 1. The lowest BCUT2D eigenvalue weighted by molar-refractivity contribution is -0.137. The Morgan fingerprint density at radius 3 is 2.57 bits per heavy atom. The molecule has 0 aliphatic carbocycles. The fourth-order valence-electron chi connectivity index (χ4n) is 2.87. The fraction of sp³-hybridized carbons (Fsp3) is 0.588. The molecule has 4 nitrogen and oxygen atoms in total. The van der Waals surface area contributed by atoms with Crippen molar-refractivity contribution in [1.29, 1.82) is 0 Å². The van der Waals surface area contributed by atoms with Crippen molar-refractivity contribution in [3.8, 4) is 0 Å². The highest BCUT2D eigenvalue weighted by Gasteiger charge is 2.27. The quantitative estimate of drug-likeness (QED) is 0.867. The van der Waals surface area contributed by atoms with Crippen LogP contribution in [0.2, 0.25) is 0 Å². The van der Waals surface area contributed by atoms with E-state index in [-0.39, 0.29) is 5.92 Å². The van der Waals surface area contributed by atoms with Crippen molar-refractivity contribution >= 4 is 5.91 Å². The summed E-state index contributed by atoms with van der Waals surface area (Å²) >= 11 is 0. The molecule has 1 aliphatic rings. The van der Waals surface area contributed by atoms with Crippen molar-refractivity contribution in [2.75, 3.05) is 33.2 Å². The topological polar surface area (TPSA) is 49.6 Å². The van der Waals surface area contributed by atoms with Gasteiger partial charge < -0.3 is 15.5 Å². The van der Waals surface area contributed by atoms with Gasteiger partial charge in [-0.2, -0.15) is 0 Å². The van der Waals surface area contributed by atoms with E-state index in [9.17, 15) is 4.79 Å². The van der Waals surface area contributed by atoms with Crippen LogP contribution in [0.1, 0.15) is 24.8 Å². The van der Waals surface area contributed by atoms with Crippen molar-refractivity contribution in [2.45, 2.75) is 25.8 Å². The first-order valence-corrected chi connectivity index (χ1v) is 7.92. The average Bonchev–Trinajstić information content (AvgIpc) is 2.52. The maximum atomic E-state index is 12.8. The molecule has 0 radical (unpaired) electrons. The van der Waals surface area contributed by atoms with Gasteiger partial charge in [-0.15, -0.1) is 0 Å². The molecule has 2 rings (SSSR count). The summed E-state index contributed by atoms with van der Waals surface area (Å²) in [5, 5.41) is 0. The summed E-state index contributed by atoms with van der Waals surface area (Å²) in [6, 6.07) is 10.2. The second-order valence-corrected chi connectivity index (χ2v) is 5.97. The minimum atomic E-state index is 0.183. The molecule has 0 atom stereocenters. The van der Waals surface area contributed by atoms with E-state index in [2.05, 4.69) is 24.1 Å². The lowest BCUT2D eigenvalue weighted by Gasteiger charge is -2.32. The Morgan fingerprint density at radius 2 is 1.95 bits per heavy atom. The molecule has 1 saturated heterocycles. The number of nitrogens with zero attached hydrogens (tertiary/aromatic N) is 2. The van der Waals surface area contributed by atoms with Crippen LogP contribution in [-0.4, -0.2) is 48.9 Å². The fourth-order valence-corrected chi connectivity index (χ4v) is 2.87. The minimum Gasteiger partial charge on any atom is -0.338 e. The zero-order valence-corrected chi connectivity index (χ0v) is 13.0. The van der Waals surface area contributed by atoms with E-state index >= 15 is 0 Å². The van der Waals surface area contributed by atoms with Crippen LogP contribution in [0.25, 0.3) is 0 Å². The first-order chi connectivity index (χ1) is 10.2. The van der Waals surface area contributed by atoms with Crippen molar-refractivity contribution in [3.63, 3.8) is 0 Å². The van der Waals surface area contributed by atoms with Crippen LogP contribution in [0, 0.1) is 5.92 Å². The van der Waals surface area contributed by atoms with Gasteiger partial charge >= 0.3 is 0 Å². The molecule has 21 heavy (non-hydrogen) atoms. The molecule has 0 spiro atoms. The summed E-state index contributed by atoms with van der Waals surface area (Å²) in [7, 11) is 2.12. The number of nitrogens with two attached hydrogens (primary N) is 1. The van der Waals surface area contributed by atoms with Crippen LogP contribution in [0.4, 0.5) is 0 Å². The third-order valence-electron chi connectivity index (χ3n) is 4.23. The average molecular weight is 289 g/mol. The lowest BCUT2D eigenvalue weighted by Crippen LogP contribution is -2.42. The summed E-state index contributed by atoms with van der Waals surface area (Å²) in [4.78, 5) is 17.1. The summed E-state index contributed by atoms with van der Waals surface area (Å²) in [5.74, 6) is 0.489. The Morgan fingerprint density at radius 1 is 1.29 bits per heavy atom.